The van der Waals surface area contributed by atoms with Crippen molar-refractivity contribution < 1.29 is 0 Å². The number of nitrogens with one attached hydrogen (secondary N) is 1. The zero-order valence-electron chi connectivity index (χ0n) is 6.85. The maximum atomic E-state index is 3.29. The largest absolute Gasteiger partial charge is 0.361 e. The minimum atomic E-state index is 1.15. The molecule has 0 fully saturated rings. The number of aromatic nitrogens is 1. The first kappa shape index (κ1) is 6.71. The second-order valence-electron chi connectivity index (χ2n) is 3.00. The van der Waals surface area contributed by atoms with Gasteiger partial charge in [-0.05, 0) is 36.5 Å². The minimum absolute atomic E-state index is 1.15. The van der Waals surface area contributed by atoms with Crippen LogP contribution in [0.5, 0.6) is 0 Å². The fourth-order valence-corrected chi connectivity index (χ4v) is 1.70. The first-order valence-electron chi connectivity index (χ1n) is 4.27. The molecule has 0 atom stereocenters. The summed E-state index contributed by atoms with van der Waals surface area (Å²) in [7, 11) is 0. The summed E-state index contributed by atoms with van der Waals surface area (Å²) in [6, 6.07) is 0. The Labute approximate surface area is 67.1 Å². The lowest BCUT2D eigenvalue weighted by Crippen LogP contribution is -1.93. The molecule has 1 heteroatoms. The fraction of sp³-hybridized carbons (Fsp3) is 0.400. The molecule has 0 aromatic carbocycles. The van der Waals surface area contributed by atoms with Crippen LogP contribution in [0.2, 0.25) is 0 Å². The van der Waals surface area contributed by atoms with Gasteiger partial charge in [-0.15, -0.1) is 0 Å². The normalized spacial score (nSPS) is 15.0. The molecule has 0 amide bonds. The van der Waals surface area contributed by atoms with Gasteiger partial charge in [0.2, 0.25) is 0 Å². The number of fused-ring (bicyclic) bond motifs is 1. The van der Waals surface area contributed by atoms with Gasteiger partial charge in [-0.3, -0.25) is 0 Å². The number of aryl methyl sites for hydroxylation is 1. The Balaban J connectivity index is 2.47. The van der Waals surface area contributed by atoms with Gasteiger partial charge in [-0.2, -0.15) is 0 Å². The molecule has 0 bridgehead atoms. The highest BCUT2D eigenvalue weighted by Gasteiger charge is 2.09. The fourth-order valence-electron chi connectivity index (χ4n) is 1.70. The zero-order valence-corrected chi connectivity index (χ0v) is 6.85. The number of hydrogen-bond acceptors (Lipinski definition) is 0. The van der Waals surface area contributed by atoms with Crippen molar-refractivity contribution in [3.8, 4) is 0 Å². The highest BCUT2D eigenvalue weighted by atomic mass is 14.7. The van der Waals surface area contributed by atoms with Crippen LogP contribution in [0.4, 0.5) is 0 Å². The second kappa shape index (κ2) is 2.57. The van der Waals surface area contributed by atoms with Gasteiger partial charge in [-0.1, -0.05) is 13.0 Å². The molecule has 58 valence electrons. The van der Waals surface area contributed by atoms with Crippen molar-refractivity contribution in [1.82, 2.24) is 4.98 Å². The van der Waals surface area contributed by atoms with Crippen LogP contribution in [-0.2, 0) is 12.8 Å². The summed E-state index contributed by atoms with van der Waals surface area (Å²) < 4.78 is 0. The number of aromatic amines is 1. The van der Waals surface area contributed by atoms with Crippen LogP contribution in [0.1, 0.15) is 30.2 Å². The van der Waals surface area contributed by atoms with Crippen LogP contribution >= 0.6 is 0 Å². The Kier molecular flexibility index (Phi) is 1.57. The first-order valence-corrected chi connectivity index (χ1v) is 4.27. The van der Waals surface area contributed by atoms with E-state index in [0.717, 1.165) is 6.42 Å². The van der Waals surface area contributed by atoms with Gasteiger partial charge >= 0.3 is 0 Å². The third-order valence-electron chi connectivity index (χ3n) is 2.34. The van der Waals surface area contributed by atoms with Gasteiger partial charge < -0.3 is 4.98 Å². The Bertz CT molecular complexity index is 281. The van der Waals surface area contributed by atoms with Crippen molar-refractivity contribution in [1.29, 1.82) is 0 Å². The maximum Gasteiger partial charge on any atom is 0.0412 e. The van der Waals surface area contributed by atoms with Crippen LogP contribution in [0.15, 0.2) is 12.3 Å². The van der Waals surface area contributed by atoms with E-state index < -0.39 is 0 Å². The van der Waals surface area contributed by atoms with Crippen molar-refractivity contribution in [2.75, 3.05) is 0 Å². The van der Waals surface area contributed by atoms with Crippen molar-refractivity contribution in [3.05, 3.63) is 29.1 Å². The van der Waals surface area contributed by atoms with E-state index in [4.69, 9.17) is 0 Å². The number of H-pyrrole nitrogens is 1. The molecule has 0 aliphatic heterocycles. The lowest BCUT2D eigenvalue weighted by Gasteiger charge is -2.05. The first-order chi connectivity index (χ1) is 5.42. The van der Waals surface area contributed by atoms with Crippen LogP contribution in [0.3, 0.4) is 0 Å². The summed E-state index contributed by atoms with van der Waals surface area (Å²) in [5, 5.41) is 0. The van der Waals surface area contributed by atoms with E-state index in [-0.39, 0.29) is 0 Å². The summed E-state index contributed by atoms with van der Waals surface area (Å²) in [6.45, 7) is 2.21. The van der Waals surface area contributed by atoms with E-state index in [1.807, 2.05) is 0 Å². The summed E-state index contributed by atoms with van der Waals surface area (Å²) in [5.74, 6) is 0. The van der Waals surface area contributed by atoms with Gasteiger partial charge in [0, 0.05) is 11.9 Å². The van der Waals surface area contributed by atoms with Crippen molar-refractivity contribution in [2.45, 2.75) is 26.2 Å². The van der Waals surface area contributed by atoms with Gasteiger partial charge in [0.1, 0.15) is 0 Å². The van der Waals surface area contributed by atoms with Crippen LogP contribution in [0, 0.1) is 0 Å². The molecule has 1 aliphatic carbocycles. The minimum Gasteiger partial charge on any atom is -0.361 e. The van der Waals surface area contributed by atoms with E-state index >= 15 is 0 Å². The molecular formula is C10H13N. The van der Waals surface area contributed by atoms with E-state index in [0.29, 0.717) is 0 Å². The molecule has 1 heterocycles. The molecule has 1 nitrogen and oxygen atoms in total. The molecule has 0 spiro atoms. The second-order valence-corrected chi connectivity index (χ2v) is 3.00. The predicted octanol–water partition coefficient (Wildman–Crippen LogP) is 2.54. The Hall–Kier alpha value is -0.980. The lowest BCUT2D eigenvalue weighted by atomic mass is 9.99. The third-order valence-corrected chi connectivity index (χ3v) is 2.34. The number of rotatable bonds is 1. The topological polar surface area (TPSA) is 15.8 Å². The van der Waals surface area contributed by atoms with Crippen molar-refractivity contribution >= 4 is 6.08 Å². The van der Waals surface area contributed by atoms with Crippen molar-refractivity contribution in [3.63, 3.8) is 0 Å². The Morgan fingerprint density at radius 1 is 1.55 bits per heavy atom. The van der Waals surface area contributed by atoms with Gasteiger partial charge in [0.25, 0.3) is 0 Å². The van der Waals surface area contributed by atoms with E-state index in [9.17, 15) is 0 Å². The summed E-state index contributed by atoms with van der Waals surface area (Å²) >= 11 is 0. The zero-order chi connectivity index (χ0) is 7.68. The molecule has 0 saturated carbocycles. The number of allylic oxidation sites excluding steroid dienone is 1. The molecule has 0 saturated heterocycles. The highest BCUT2D eigenvalue weighted by Crippen LogP contribution is 2.22. The standard InChI is InChI=1S/C10H13N/c1-2-8-7-11-10-6-4-3-5-9(8)10/h4,6-7,11H,2-3,5H2,1H3. The Morgan fingerprint density at radius 2 is 2.45 bits per heavy atom. The summed E-state index contributed by atoms with van der Waals surface area (Å²) in [5.41, 5.74) is 4.35. The van der Waals surface area contributed by atoms with Crippen LogP contribution < -0.4 is 0 Å². The molecule has 11 heavy (non-hydrogen) atoms. The van der Waals surface area contributed by atoms with E-state index in [1.165, 1.54) is 29.7 Å². The average Bonchev–Trinajstić information content (AvgIpc) is 2.47. The molecule has 0 radical (unpaired) electrons. The molecule has 1 aromatic heterocycles. The molecule has 1 aromatic rings. The third kappa shape index (κ3) is 1.01. The SMILES string of the molecule is CCc1c[nH]c2c1CCC=C2. The monoisotopic (exact) mass is 147 g/mol. The predicted molar refractivity (Wildman–Crippen MR) is 47.5 cm³/mol. The van der Waals surface area contributed by atoms with Crippen LogP contribution in [0.25, 0.3) is 6.08 Å². The molecule has 1 N–H and O–H groups in total. The Morgan fingerprint density at radius 3 is 3.27 bits per heavy atom. The lowest BCUT2D eigenvalue weighted by molar-refractivity contribution is 0.957. The van der Waals surface area contributed by atoms with Gasteiger partial charge in [0.15, 0.2) is 0 Å². The smallest absolute Gasteiger partial charge is 0.0412 e. The maximum absolute atomic E-state index is 3.29. The molecule has 0 unspecified atom stereocenters. The van der Waals surface area contributed by atoms with E-state index in [1.54, 1.807) is 0 Å². The van der Waals surface area contributed by atoms with Gasteiger partial charge in [-0.25, -0.2) is 0 Å². The summed E-state index contributed by atoms with van der Waals surface area (Å²) in [6.07, 6.45) is 10.1. The highest BCUT2D eigenvalue weighted by molar-refractivity contribution is 5.55. The average molecular weight is 147 g/mol. The van der Waals surface area contributed by atoms with E-state index in [2.05, 4.69) is 30.3 Å². The van der Waals surface area contributed by atoms with Gasteiger partial charge in [0.05, 0.1) is 0 Å². The summed E-state index contributed by atoms with van der Waals surface area (Å²) in [4.78, 5) is 3.29. The quantitative estimate of drug-likeness (QED) is 0.628. The van der Waals surface area contributed by atoms with Crippen LogP contribution in [-0.4, -0.2) is 4.98 Å². The number of hydrogen-bond donors (Lipinski definition) is 1. The van der Waals surface area contributed by atoms with Crippen molar-refractivity contribution in [2.24, 2.45) is 0 Å². The molecule has 1 aliphatic rings. The molecular weight excluding hydrogens is 134 g/mol. The molecule has 2 rings (SSSR count).